The van der Waals surface area contributed by atoms with E-state index in [9.17, 15) is 14.0 Å². The van der Waals surface area contributed by atoms with E-state index in [-0.39, 0.29) is 27.8 Å². The van der Waals surface area contributed by atoms with Gasteiger partial charge >= 0.3 is 5.97 Å². The first-order valence-corrected chi connectivity index (χ1v) is 10.0. The summed E-state index contributed by atoms with van der Waals surface area (Å²) in [4.78, 5) is 32.7. The predicted octanol–water partition coefficient (Wildman–Crippen LogP) is 5.31. The minimum absolute atomic E-state index is 0.164. The molecule has 2 aromatic carbocycles. The standard InChI is InChI=1S/C22H14ClFN2O3S/c1-29-22(28)12-6-8-15-18(10-12)25-20(26-21(15)27)16(23)11-13-7-9-19(30-13)14-4-2-3-5-17(14)24/h2-11H,1H3,(H,25,26,27)/b16-11-. The van der Waals surface area contributed by atoms with Crippen LogP contribution in [0.3, 0.4) is 0 Å². The normalized spacial score (nSPS) is 11.6. The quantitative estimate of drug-likeness (QED) is 0.436. The minimum atomic E-state index is -0.526. The van der Waals surface area contributed by atoms with Crippen molar-refractivity contribution in [3.8, 4) is 10.4 Å². The first-order valence-electron chi connectivity index (χ1n) is 8.81. The minimum Gasteiger partial charge on any atom is -0.465 e. The number of thiophene rings is 1. The Morgan fingerprint density at radius 2 is 2.00 bits per heavy atom. The molecule has 0 saturated carbocycles. The average molecular weight is 441 g/mol. The number of hydrogen-bond donors (Lipinski definition) is 1. The Balaban J connectivity index is 1.71. The first-order chi connectivity index (χ1) is 14.5. The highest BCUT2D eigenvalue weighted by Crippen LogP contribution is 2.32. The summed E-state index contributed by atoms with van der Waals surface area (Å²) in [5.41, 5.74) is 0.727. The third-order valence-corrected chi connectivity index (χ3v) is 5.74. The molecule has 4 aromatic rings. The third kappa shape index (κ3) is 3.90. The lowest BCUT2D eigenvalue weighted by atomic mass is 10.1. The molecule has 8 heteroatoms. The Kier molecular flexibility index (Phi) is 5.48. The van der Waals surface area contributed by atoms with E-state index in [0.717, 1.165) is 9.75 Å². The molecule has 0 radical (unpaired) electrons. The van der Waals surface area contributed by atoms with E-state index in [2.05, 4.69) is 9.97 Å². The van der Waals surface area contributed by atoms with Crippen LogP contribution in [0.5, 0.6) is 0 Å². The zero-order valence-corrected chi connectivity index (χ0v) is 17.2. The maximum Gasteiger partial charge on any atom is 0.337 e. The molecule has 0 fully saturated rings. The zero-order chi connectivity index (χ0) is 21.3. The molecule has 0 unspecified atom stereocenters. The highest BCUT2D eigenvalue weighted by atomic mass is 35.5. The third-order valence-electron chi connectivity index (χ3n) is 4.39. The zero-order valence-electron chi connectivity index (χ0n) is 15.6. The maximum absolute atomic E-state index is 14.0. The van der Waals surface area contributed by atoms with Gasteiger partial charge in [0.25, 0.3) is 5.56 Å². The molecule has 0 aliphatic heterocycles. The second-order valence-electron chi connectivity index (χ2n) is 6.31. The highest BCUT2D eigenvalue weighted by Gasteiger charge is 2.12. The van der Waals surface area contributed by atoms with Crippen LogP contribution in [0, 0.1) is 5.82 Å². The largest absolute Gasteiger partial charge is 0.465 e. The Hall–Kier alpha value is -3.29. The summed E-state index contributed by atoms with van der Waals surface area (Å²) < 4.78 is 18.7. The highest BCUT2D eigenvalue weighted by molar-refractivity contribution is 7.16. The van der Waals surface area contributed by atoms with Gasteiger partial charge in [0.05, 0.1) is 28.6 Å². The fourth-order valence-electron chi connectivity index (χ4n) is 2.93. The van der Waals surface area contributed by atoms with E-state index in [4.69, 9.17) is 16.3 Å². The predicted molar refractivity (Wildman–Crippen MR) is 117 cm³/mol. The summed E-state index contributed by atoms with van der Waals surface area (Å²) in [5.74, 6) is -0.665. The number of aromatic amines is 1. The van der Waals surface area contributed by atoms with Crippen LogP contribution >= 0.6 is 22.9 Å². The monoisotopic (exact) mass is 440 g/mol. The van der Waals surface area contributed by atoms with Crippen molar-refractivity contribution in [1.82, 2.24) is 9.97 Å². The van der Waals surface area contributed by atoms with Crippen LogP contribution < -0.4 is 5.56 Å². The van der Waals surface area contributed by atoms with E-state index < -0.39 is 5.97 Å². The number of aromatic nitrogens is 2. The summed E-state index contributed by atoms with van der Waals surface area (Å²) in [5, 5.41) is 0.535. The lowest BCUT2D eigenvalue weighted by Gasteiger charge is -2.04. The number of rotatable bonds is 4. The van der Waals surface area contributed by atoms with Crippen molar-refractivity contribution in [3.05, 3.63) is 87.0 Å². The van der Waals surface area contributed by atoms with Gasteiger partial charge in [-0.15, -0.1) is 11.3 Å². The van der Waals surface area contributed by atoms with Gasteiger partial charge in [0, 0.05) is 15.3 Å². The number of esters is 1. The molecular formula is C22H14ClFN2O3S. The molecule has 0 amide bonds. The molecule has 0 aliphatic rings. The molecule has 0 aliphatic carbocycles. The Morgan fingerprint density at radius 3 is 2.77 bits per heavy atom. The number of nitrogens with zero attached hydrogens (tertiary/aromatic N) is 1. The SMILES string of the molecule is COC(=O)c1ccc2c(=O)[nH]c(/C(Cl)=C/c3ccc(-c4ccccc4F)s3)nc2c1. The Morgan fingerprint density at radius 1 is 1.20 bits per heavy atom. The lowest BCUT2D eigenvalue weighted by Crippen LogP contribution is -2.11. The van der Waals surface area contributed by atoms with Crippen molar-refractivity contribution < 1.29 is 13.9 Å². The first kappa shape index (κ1) is 20.0. The van der Waals surface area contributed by atoms with E-state index >= 15 is 0 Å². The van der Waals surface area contributed by atoms with Crippen molar-refractivity contribution in [3.63, 3.8) is 0 Å². The molecular weight excluding hydrogens is 427 g/mol. The number of benzene rings is 2. The maximum atomic E-state index is 14.0. The smallest absolute Gasteiger partial charge is 0.337 e. The summed E-state index contributed by atoms with van der Waals surface area (Å²) in [7, 11) is 1.28. The number of carbonyl (C=O) groups is 1. The number of fused-ring (bicyclic) bond motifs is 1. The Labute approximate surface area is 179 Å². The van der Waals surface area contributed by atoms with Crippen LogP contribution in [0.2, 0.25) is 0 Å². The number of H-pyrrole nitrogens is 1. The molecule has 2 aromatic heterocycles. The second kappa shape index (κ2) is 8.22. The number of methoxy groups -OCH3 is 1. The average Bonchev–Trinajstić information content (AvgIpc) is 3.21. The fourth-order valence-corrected chi connectivity index (χ4v) is 4.18. The van der Waals surface area contributed by atoms with Gasteiger partial charge in [-0.05, 0) is 42.5 Å². The van der Waals surface area contributed by atoms with Gasteiger partial charge in [-0.1, -0.05) is 29.8 Å². The number of carbonyl (C=O) groups excluding carboxylic acids is 1. The number of nitrogens with one attached hydrogen (secondary N) is 1. The molecule has 5 nitrogen and oxygen atoms in total. The van der Waals surface area contributed by atoms with E-state index in [1.54, 1.807) is 30.3 Å². The van der Waals surface area contributed by atoms with E-state index in [1.807, 2.05) is 6.07 Å². The van der Waals surface area contributed by atoms with Crippen molar-refractivity contribution in [2.45, 2.75) is 0 Å². The van der Waals surface area contributed by atoms with Gasteiger partial charge in [-0.3, -0.25) is 4.79 Å². The van der Waals surface area contributed by atoms with E-state index in [1.165, 1.54) is 42.7 Å². The fraction of sp³-hybridized carbons (Fsp3) is 0.0455. The van der Waals surface area contributed by atoms with Gasteiger partial charge in [0.15, 0.2) is 5.82 Å². The molecule has 0 bridgehead atoms. The molecule has 150 valence electrons. The van der Waals surface area contributed by atoms with Crippen LogP contribution in [0.1, 0.15) is 21.1 Å². The van der Waals surface area contributed by atoms with Gasteiger partial charge in [-0.25, -0.2) is 14.2 Å². The van der Waals surface area contributed by atoms with Crippen LogP contribution in [0.4, 0.5) is 4.39 Å². The van der Waals surface area contributed by atoms with Crippen molar-refractivity contribution in [2.75, 3.05) is 7.11 Å². The van der Waals surface area contributed by atoms with Crippen LogP contribution in [-0.4, -0.2) is 23.0 Å². The van der Waals surface area contributed by atoms with Crippen molar-refractivity contribution in [1.29, 1.82) is 0 Å². The van der Waals surface area contributed by atoms with Gasteiger partial charge < -0.3 is 9.72 Å². The topological polar surface area (TPSA) is 72.1 Å². The molecule has 0 spiro atoms. The van der Waals surface area contributed by atoms with Crippen molar-refractivity contribution in [2.24, 2.45) is 0 Å². The molecule has 30 heavy (non-hydrogen) atoms. The number of halogens is 2. The van der Waals surface area contributed by atoms with Gasteiger partial charge in [-0.2, -0.15) is 0 Å². The summed E-state index contributed by atoms with van der Waals surface area (Å²) in [6.45, 7) is 0. The molecule has 2 heterocycles. The number of hydrogen-bond acceptors (Lipinski definition) is 5. The van der Waals surface area contributed by atoms with Gasteiger partial charge in [0.2, 0.25) is 0 Å². The lowest BCUT2D eigenvalue weighted by molar-refractivity contribution is 0.0601. The van der Waals surface area contributed by atoms with E-state index in [0.29, 0.717) is 16.5 Å². The summed E-state index contributed by atoms with van der Waals surface area (Å²) >= 11 is 7.76. The molecule has 1 N–H and O–H groups in total. The van der Waals surface area contributed by atoms with Crippen LogP contribution in [0.15, 0.2) is 59.4 Å². The second-order valence-corrected chi connectivity index (χ2v) is 7.83. The van der Waals surface area contributed by atoms with Crippen LogP contribution in [-0.2, 0) is 4.74 Å². The molecule has 0 saturated heterocycles. The Bertz CT molecular complexity index is 1360. The van der Waals surface area contributed by atoms with Crippen LogP contribution in [0.25, 0.3) is 32.5 Å². The van der Waals surface area contributed by atoms with Gasteiger partial charge in [0.1, 0.15) is 5.82 Å². The number of ether oxygens (including phenoxy) is 1. The molecule has 4 rings (SSSR count). The van der Waals surface area contributed by atoms with Crippen molar-refractivity contribution >= 4 is 50.9 Å². The molecule has 0 atom stereocenters. The summed E-state index contributed by atoms with van der Waals surface area (Å²) in [6.07, 6.45) is 1.64. The summed E-state index contributed by atoms with van der Waals surface area (Å²) in [6, 6.07) is 14.6.